The van der Waals surface area contributed by atoms with Gasteiger partial charge in [0, 0.05) is 22.8 Å². The first-order valence-corrected chi connectivity index (χ1v) is 9.87. The molecule has 0 radical (unpaired) electrons. The fourth-order valence-electron chi connectivity index (χ4n) is 2.39. The van der Waals surface area contributed by atoms with E-state index in [1.54, 1.807) is 0 Å². The number of halogens is 1. The molecular weight excluding hydrogens is 412 g/mol. The number of anilines is 1. The molecule has 3 rings (SSSR count). The molecule has 0 aliphatic carbocycles. The summed E-state index contributed by atoms with van der Waals surface area (Å²) in [7, 11) is 1.91. The van der Waals surface area contributed by atoms with E-state index < -0.39 is 0 Å². The topological polar surface area (TPSA) is 59.8 Å². The maximum atomic E-state index is 12.2. The van der Waals surface area contributed by atoms with Gasteiger partial charge in [0.1, 0.15) is 0 Å². The van der Waals surface area contributed by atoms with Gasteiger partial charge in [-0.2, -0.15) is 0 Å². The second kappa shape index (κ2) is 8.05. The van der Waals surface area contributed by atoms with Gasteiger partial charge in [0.15, 0.2) is 11.0 Å². The summed E-state index contributed by atoms with van der Waals surface area (Å²) >= 11 is 4.84. The fraction of sp³-hybridized carbons (Fsp3) is 0.211. The zero-order valence-corrected chi connectivity index (χ0v) is 17.2. The van der Waals surface area contributed by atoms with E-state index in [9.17, 15) is 4.79 Å². The molecule has 1 amide bonds. The van der Waals surface area contributed by atoms with E-state index in [-0.39, 0.29) is 11.7 Å². The highest BCUT2D eigenvalue weighted by atomic mass is 79.9. The van der Waals surface area contributed by atoms with Crippen molar-refractivity contribution < 1.29 is 4.79 Å². The summed E-state index contributed by atoms with van der Waals surface area (Å²) in [6.07, 6.45) is 0. The van der Waals surface area contributed by atoms with Crippen molar-refractivity contribution in [3.63, 3.8) is 0 Å². The first kappa shape index (κ1) is 18.7. The van der Waals surface area contributed by atoms with Crippen LogP contribution in [0, 0.1) is 13.8 Å². The number of aromatic nitrogens is 3. The lowest BCUT2D eigenvalue weighted by Crippen LogP contribution is -2.14. The van der Waals surface area contributed by atoms with E-state index in [0.717, 1.165) is 27.1 Å². The van der Waals surface area contributed by atoms with E-state index in [4.69, 9.17) is 0 Å². The van der Waals surface area contributed by atoms with Gasteiger partial charge in [-0.1, -0.05) is 63.6 Å². The molecule has 7 heteroatoms. The molecule has 3 aromatic rings. The van der Waals surface area contributed by atoms with Gasteiger partial charge in [-0.3, -0.25) is 4.79 Å². The Morgan fingerprint density at radius 3 is 2.58 bits per heavy atom. The molecular formula is C19H19BrN4OS. The molecule has 0 atom stereocenters. The number of nitrogens with zero attached hydrogens (tertiary/aromatic N) is 3. The zero-order valence-electron chi connectivity index (χ0n) is 14.8. The summed E-state index contributed by atoms with van der Waals surface area (Å²) in [4.78, 5) is 12.2. The molecule has 0 unspecified atom stereocenters. The van der Waals surface area contributed by atoms with E-state index in [2.05, 4.69) is 31.4 Å². The first-order valence-electron chi connectivity index (χ1n) is 8.09. The quantitative estimate of drug-likeness (QED) is 0.601. The van der Waals surface area contributed by atoms with E-state index in [1.165, 1.54) is 17.3 Å². The number of nitrogens with one attached hydrogen (secondary N) is 1. The molecule has 1 aromatic heterocycles. The Morgan fingerprint density at radius 2 is 1.88 bits per heavy atom. The molecule has 0 aliphatic heterocycles. The fourth-order valence-corrected chi connectivity index (χ4v) is 3.48. The van der Waals surface area contributed by atoms with Gasteiger partial charge in [-0.05, 0) is 31.5 Å². The smallest absolute Gasteiger partial charge is 0.234 e. The third kappa shape index (κ3) is 4.34. The van der Waals surface area contributed by atoms with Crippen LogP contribution in [-0.4, -0.2) is 26.4 Å². The van der Waals surface area contributed by atoms with E-state index in [0.29, 0.717) is 5.16 Å². The molecule has 0 fully saturated rings. The number of rotatable bonds is 5. The number of hydrogen-bond acceptors (Lipinski definition) is 4. The van der Waals surface area contributed by atoms with Gasteiger partial charge < -0.3 is 9.88 Å². The van der Waals surface area contributed by atoms with Gasteiger partial charge in [0.05, 0.1) is 5.75 Å². The largest absolute Gasteiger partial charge is 0.325 e. The molecule has 1 heterocycles. The van der Waals surface area contributed by atoms with Crippen LogP contribution in [0.3, 0.4) is 0 Å². The van der Waals surface area contributed by atoms with Crippen molar-refractivity contribution >= 4 is 39.3 Å². The van der Waals surface area contributed by atoms with Crippen LogP contribution < -0.4 is 5.32 Å². The predicted octanol–water partition coefficient (Wildman–Crippen LogP) is 4.59. The molecule has 0 saturated carbocycles. The number of aryl methyl sites for hydroxylation is 2. The van der Waals surface area contributed by atoms with E-state index >= 15 is 0 Å². The van der Waals surface area contributed by atoms with Gasteiger partial charge in [-0.25, -0.2) is 0 Å². The minimum Gasteiger partial charge on any atom is -0.325 e. The molecule has 0 bridgehead atoms. The minimum absolute atomic E-state index is 0.0781. The van der Waals surface area contributed by atoms with Crippen molar-refractivity contribution in [3.05, 3.63) is 58.1 Å². The van der Waals surface area contributed by atoms with Gasteiger partial charge in [0.25, 0.3) is 0 Å². The lowest BCUT2D eigenvalue weighted by molar-refractivity contribution is -0.113. The first-order chi connectivity index (χ1) is 12.4. The van der Waals surface area contributed by atoms with Crippen molar-refractivity contribution in [3.8, 4) is 11.4 Å². The highest BCUT2D eigenvalue weighted by molar-refractivity contribution is 9.10. The van der Waals surface area contributed by atoms with E-state index in [1.807, 2.05) is 67.9 Å². The van der Waals surface area contributed by atoms with Crippen molar-refractivity contribution in [1.29, 1.82) is 0 Å². The molecule has 0 spiro atoms. The lowest BCUT2D eigenvalue weighted by Gasteiger charge is -2.07. The number of carbonyl (C=O) groups excluding carboxylic acids is 1. The molecule has 0 saturated heterocycles. The van der Waals surface area contributed by atoms with Gasteiger partial charge in [0.2, 0.25) is 5.91 Å². The summed E-state index contributed by atoms with van der Waals surface area (Å²) in [5, 5.41) is 12.1. The summed E-state index contributed by atoms with van der Waals surface area (Å²) < 4.78 is 2.88. The summed E-state index contributed by atoms with van der Waals surface area (Å²) in [6, 6.07) is 13.9. The molecule has 134 valence electrons. The molecule has 2 aromatic carbocycles. The third-order valence-corrected chi connectivity index (χ3v) is 5.81. The van der Waals surface area contributed by atoms with Crippen molar-refractivity contribution in [2.24, 2.45) is 7.05 Å². The van der Waals surface area contributed by atoms with Crippen molar-refractivity contribution in [2.75, 3.05) is 11.1 Å². The molecule has 1 N–H and O–H groups in total. The summed E-state index contributed by atoms with van der Waals surface area (Å²) in [5.74, 6) is 0.978. The zero-order chi connectivity index (χ0) is 18.7. The number of carbonyl (C=O) groups is 1. The van der Waals surface area contributed by atoms with Crippen LogP contribution in [0.15, 0.2) is 52.1 Å². The minimum atomic E-state index is -0.0781. The number of benzene rings is 2. The highest BCUT2D eigenvalue weighted by Gasteiger charge is 2.13. The van der Waals surface area contributed by atoms with Crippen LogP contribution in [-0.2, 0) is 11.8 Å². The standard InChI is InChI=1S/C19H19BrN4OS/c1-12-4-7-14(8-5-12)18-22-23-19(24(18)3)26-11-17(25)21-15-9-6-13(2)16(20)10-15/h4-10H,11H2,1-3H3,(H,21,25). The van der Waals surface area contributed by atoms with Crippen molar-refractivity contribution in [2.45, 2.75) is 19.0 Å². The van der Waals surface area contributed by atoms with Crippen molar-refractivity contribution in [1.82, 2.24) is 14.8 Å². The highest BCUT2D eigenvalue weighted by Crippen LogP contribution is 2.24. The average molecular weight is 431 g/mol. The molecule has 0 aliphatic rings. The van der Waals surface area contributed by atoms with Crippen LogP contribution in [0.1, 0.15) is 11.1 Å². The Bertz CT molecular complexity index is 937. The van der Waals surface area contributed by atoms with Crippen LogP contribution in [0.4, 0.5) is 5.69 Å². The van der Waals surface area contributed by atoms with Gasteiger partial charge >= 0.3 is 0 Å². The average Bonchev–Trinajstić information content (AvgIpc) is 2.98. The Labute approximate surface area is 165 Å². The predicted molar refractivity (Wildman–Crippen MR) is 109 cm³/mol. The third-order valence-electron chi connectivity index (χ3n) is 3.93. The maximum absolute atomic E-state index is 12.2. The Hall–Kier alpha value is -2.12. The summed E-state index contributed by atoms with van der Waals surface area (Å²) in [6.45, 7) is 4.05. The maximum Gasteiger partial charge on any atom is 0.234 e. The molecule has 5 nitrogen and oxygen atoms in total. The Morgan fingerprint density at radius 1 is 1.15 bits per heavy atom. The Kier molecular flexibility index (Phi) is 5.78. The molecule has 26 heavy (non-hydrogen) atoms. The second-order valence-corrected chi connectivity index (χ2v) is 7.83. The number of hydrogen-bond donors (Lipinski definition) is 1. The van der Waals surface area contributed by atoms with Crippen LogP contribution in [0.2, 0.25) is 0 Å². The van der Waals surface area contributed by atoms with Crippen LogP contribution in [0.5, 0.6) is 0 Å². The van der Waals surface area contributed by atoms with Crippen LogP contribution >= 0.6 is 27.7 Å². The Balaban J connectivity index is 1.63. The normalized spacial score (nSPS) is 10.8. The number of amides is 1. The second-order valence-electron chi connectivity index (χ2n) is 6.03. The number of thioether (sulfide) groups is 1. The monoisotopic (exact) mass is 430 g/mol. The van der Waals surface area contributed by atoms with Crippen LogP contribution in [0.25, 0.3) is 11.4 Å². The summed E-state index contributed by atoms with van der Waals surface area (Å²) in [5.41, 5.74) is 4.10. The lowest BCUT2D eigenvalue weighted by atomic mass is 10.1. The SMILES string of the molecule is Cc1ccc(-c2nnc(SCC(=O)Nc3ccc(C)c(Br)c3)n2C)cc1. The van der Waals surface area contributed by atoms with Gasteiger partial charge in [-0.15, -0.1) is 10.2 Å².